The molecule has 37 heavy (non-hydrogen) atoms. The molecule has 2 aromatic rings. The van der Waals surface area contributed by atoms with Gasteiger partial charge in [0.2, 0.25) is 5.95 Å². The average Bonchev–Trinajstić information content (AvgIpc) is 2.82. The van der Waals surface area contributed by atoms with E-state index in [1.54, 1.807) is 40.0 Å². The Morgan fingerprint density at radius 2 is 1.95 bits per heavy atom. The predicted molar refractivity (Wildman–Crippen MR) is 144 cm³/mol. The highest BCUT2D eigenvalue weighted by atomic mass is 16.6. The number of aryl methyl sites for hydroxylation is 1. The first-order valence-electron chi connectivity index (χ1n) is 12.6. The number of carbonyl (C=O) groups excluding carboxylic acids is 2. The number of hydrogen-bond acceptors (Lipinski definition) is 9. The van der Waals surface area contributed by atoms with Crippen molar-refractivity contribution in [3.63, 3.8) is 0 Å². The Labute approximate surface area is 219 Å². The van der Waals surface area contributed by atoms with Crippen molar-refractivity contribution in [3.05, 3.63) is 40.6 Å². The van der Waals surface area contributed by atoms with Gasteiger partial charge >= 0.3 is 6.09 Å². The standard InChI is InChI=1S/C27H41N5O5/c1-7-9-20(16-33)31-24-21(17(2)30-25(28)32-24)14-19-12-11-18(15-23(19)36-6)22(34)10-8-13-29-26(35)37-27(3,4)5/h11-12,15,20,33H,7-10,13-14,16H2,1-6H3,(H,29,35)(H3,28,30,31,32)/t20-/m0/s1. The highest BCUT2D eigenvalue weighted by Gasteiger charge is 2.19. The maximum absolute atomic E-state index is 12.8. The molecular formula is C27H41N5O5. The number of nitrogen functional groups attached to an aromatic ring is 1. The minimum atomic E-state index is -0.567. The molecule has 0 fully saturated rings. The largest absolute Gasteiger partial charge is 0.496 e. The molecule has 0 saturated heterocycles. The molecule has 0 aliphatic rings. The van der Waals surface area contributed by atoms with E-state index in [0.717, 1.165) is 29.7 Å². The summed E-state index contributed by atoms with van der Waals surface area (Å²) in [7, 11) is 1.56. The smallest absolute Gasteiger partial charge is 0.407 e. The molecule has 0 radical (unpaired) electrons. The van der Waals surface area contributed by atoms with Gasteiger partial charge in [-0.1, -0.05) is 25.5 Å². The van der Waals surface area contributed by atoms with Crippen LogP contribution in [0.3, 0.4) is 0 Å². The fourth-order valence-corrected chi connectivity index (χ4v) is 3.85. The molecule has 1 aromatic carbocycles. The van der Waals surface area contributed by atoms with Crippen LogP contribution in [0.1, 0.15) is 80.6 Å². The quantitative estimate of drug-likeness (QED) is 0.229. The monoisotopic (exact) mass is 515 g/mol. The molecule has 0 saturated carbocycles. The Morgan fingerprint density at radius 3 is 2.57 bits per heavy atom. The average molecular weight is 516 g/mol. The van der Waals surface area contributed by atoms with Crippen molar-refractivity contribution in [2.24, 2.45) is 0 Å². The first-order chi connectivity index (χ1) is 17.5. The number of alkyl carbamates (subject to hydrolysis) is 1. The van der Waals surface area contributed by atoms with Gasteiger partial charge in [0.1, 0.15) is 17.2 Å². The highest BCUT2D eigenvalue weighted by Crippen LogP contribution is 2.28. The minimum absolute atomic E-state index is 0.0241. The zero-order valence-electron chi connectivity index (χ0n) is 22.8. The molecule has 0 unspecified atom stereocenters. The van der Waals surface area contributed by atoms with Gasteiger partial charge in [-0.2, -0.15) is 4.98 Å². The molecule has 2 rings (SSSR count). The van der Waals surface area contributed by atoms with Crippen LogP contribution in [0, 0.1) is 6.92 Å². The summed E-state index contributed by atoms with van der Waals surface area (Å²) in [5.41, 5.74) is 8.29. The number of amides is 1. The molecule has 0 spiro atoms. The van der Waals surface area contributed by atoms with Crippen molar-refractivity contribution in [1.82, 2.24) is 15.3 Å². The SMILES string of the molecule is CCC[C@@H](CO)Nc1nc(N)nc(C)c1Cc1ccc(C(=O)CCCNC(=O)OC(C)(C)C)cc1OC. The Bertz CT molecular complexity index is 1070. The second kappa shape index (κ2) is 13.8. The number of benzene rings is 1. The number of hydrogen-bond donors (Lipinski definition) is 4. The van der Waals surface area contributed by atoms with Gasteiger partial charge in [0.15, 0.2) is 5.78 Å². The number of carbonyl (C=O) groups is 2. The molecule has 5 N–H and O–H groups in total. The summed E-state index contributed by atoms with van der Waals surface area (Å²) in [5.74, 6) is 1.27. The Kier molecular flexibility index (Phi) is 11.1. The maximum Gasteiger partial charge on any atom is 0.407 e. The fraction of sp³-hybridized carbons (Fsp3) is 0.556. The van der Waals surface area contributed by atoms with Crippen LogP contribution in [0.15, 0.2) is 18.2 Å². The summed E-state index contributed by atoms with van der Waals surface area (Å²) in [6.07, 6.45) is 2.41. The summed E-state index contributed by atoms with van der Waals surface area (Å²) < 4.78 is 10.8. The van der Waals surface area contributed by atoms with Crippen LogP contribution in [-0.2, 0) is 11.2 Å². The van der Waals surface area contributed by atoms with E-state index < -0.39 is 11.7 Å². The molecule has 1 atom stereocenters. The molecule has 0 aliphatic carbocycles. The Morgan fingerprint density at radius 1 is 1.22 bits per heavy atom. The number of aliphatic hydroxyl groups is 1. The first-order valence-corrected chi connectivity index (χ1v) is 12.6. The van der Waals surface area contributed by atoms with Gasteiger partial charge in [-0.25, -0.2) is 9.78 Å². The Hall–Kier alpha value is -3.40. The van der Waals surface area contributed by atoms with Crippen LogP contribution in [0.5, 0.6) is 5.75 Å². The van der Waals surface area contributed by atoms with Crippen LogP contribution >= 0.6 is 0 Å². The molecule has 0 aliphatic heterocycles. The van der Waals surface area contributed by atoms with E-state index in [-0.39, 0.29) is 30.8 Å². The van der Waals surface area contributed by atoms with Crippen LogP contribution in [0.25, 0.3) is 0 Å². The third-order valence-electron chi connectivity index (χ3n) is 5.65. The summed E-state index contributed by atoms with van der Waals surface area (Å²) in [4.78, 5) is 33.2. The topological polar surface area (TPSA) is 149 Å². The van der Waals surface area contributed by atoms with E-state index in [0.29, 0.717) is 36.5 Å². The van der Waals surface area contributed by atoms with Crippen LogP contribution in [0.2, 0.25) is 0 Å². The van der Waals surface area contributed by atoms with Gasteiger partial charge < -0.3 is 30.9 Å². The van der Waals surface area contributed by atoms with Crippen LogP contribution < -0.4 is 21.1 Å². The van der Waals surface area contributed by atoms with E-state index in [9.17, 15) is 14.7 Å². The van der Waals surface area contributed by atoms with Gasteiger partial charge in [-0.3, -0.25) is 4.79 Å². The Balaban J connectivity index is 2.12. The summed E-state index contributed by atoms with van der Waals surface area (Å²) in [6.45, 7) is 9.62. The minimum Gasteiger partial charge on any atom is -0.496 e. The number of aliphatic hydroxyl groups excluding tert-OH is 1. The molecular weight excluding hydrogens is 474 g/mol. The number of nitrogens with two attached hydrogens (primary N) is 1. The van der Waals surface area contributed by atoms with E-state index in [4.69, 9.17) is 15.2 Å². The molecule has 1 heterocycles. The number of nitrogens with one attached hydrogen (secondary N) is 2. The summed E-state index contributed by atoms with van der Waals surface area (Å²) >= 11 is 0. The van der Waals surface area contributed by atoms with Crippen molar-refractivity contribution in [1.29, 1.82) is 0 Å². The second-order valence-corrected chi connectivity index (χ2v) is 9.97. The van der Waals surface area contributed by atoms with E-state index >= 15 is 0 Å². The lowest BCUT2D eigenvalue weighted by Gasteiger charge is -2.20. The molecule has 10 nitrogen and oxygen atoms in total. The number of nitrogens with zero attached hydrogens (tertiary/aromatic N) is 2. The normalized spacial score (nSPS) is 12.1. The predicted octanol–water partition coefficient (Wildman–Crippen LogP) is 4.03. The second-order valence-electron chi connectivity index (χ2n) is 9.97. The van der Waals surface area contributed by atoms with Crippen molar-refractivity contribution in [2.75, 3.05) is 31.3 Å². The van der Waals surface area contributed by atoms with E-state index in [1.165, 1.54) is 0 Å². The van der Waals surface area contributed by atoms with Crippen molar-refractivity contribution in [2.45, 2.75) is 78.4 Å². The fourth-order valence-electron chi connectivity index (χ4n) is 3.85. The van der Waals surface area contributed by atoms with Gasteiger partial charge in [0, 0.05) is 36.2 Å². The highest BCUT2D eigenvalue weighted by molar-refractivity contribution is 5.96. The molecule has 10 heteroatoms. The molecule has 204 valence electrons. The van der Waals surface area contributed by atoms with E-state index in [2.05, 4.69) is 27.5 Å². The van der Waals surface area contributed by atoms with Gasteiger partial charge in [-0.05, 0) is 52.2 Å². The third kappa shape index (κ3) is 9.53. The maximum atomic E-state index is 12.8. The summed E-state index contributed by atoms with van der Waals surface area (Å²) in [5, 5.41) is 15.7. The number of methoxy groups -OCH3 is 1. The van der Waals surface area contributed by atoms with Gasteiger partial charge in [0.05, 0.1) is 19.8 Å². The lowest BCUT2D eigenvalue weighted by Crippen LogP contribution is -2.33. The first kappa shape index (κ1) is 29.8. The molecule has 1 amide bonds. The zero-order valence-corrected chi connectivity index (χ0v) is 22.8. The van der Waals surface area contributed by atoms with Crippen LogP contribution in [-0.4, -0.2) is 58.9 Å². The molecule has 0 bridgehead atoms. The summed E-state index contributed by atoms with van der Waals surface area (Å²) in [6, 6.07) is 5.22. The number of ether oxygens (including phenoxy) is 2. The lowest BCUT2D eigenvalue weighted by atomic mass is 9.98. The number of ketones is 1. The van der Waals surface area contributed by atoms with Gasteiger partial charge in [0.25, 0.3) is 0 Å². The molecule has 1 aromatic heterocycles. The van der Waals surface area contributed by atoms with Crippen molar-refractivity contribution < 1.29 is 24.2 Å². The van der Waals surface area contributed by atoms with Gasteiger partial charge in [-0.15, -0.1) is 0 Å². The van der Waals surface area contributed by atoms with Crippen molar-refractivity contribution >= 4 is 23.6 Å². The number of anilines is 2. The number of aromatic nitrogens is 2. The van der Waals surface area contributed by atoms with Crippen molar-refractivity contribution in [3.8, 4) is 5.75 Å². The number of rotatable bonds is 13. The lowest BCUT2D eigenvalue weighted by molar-refractivity contribution is 0.0525. The van der Waals surface area contributed by atoms with Crippen LogP contribution in [0.4, 0.5) is 16.6 Å². The number of Topliss-reactive ketones (excluding diaryl/α,β-unsaturated/α-hetero) is 1. The third-order valence-corrected chi connectivity index (χ3v) is 5.65. The zero-order chi connectivity index (χ0) is 27.6. The van der Waals surface area contributed by atoms with E-state index in [1.807, 2.05) is 13.0 Å².